The van der Waals surface area contributed by atoms with E-state index >= 15 is 0 Å². The van der Waals surface area contributed by atoms with Gasteiger partial charge in [-0.1, -0.05) is 185 Å². The molecule has 0 N–H and O–H groups in total. The Morgan fingerprint density at radius 2 is 0.967 bits per heavy atom. The molecule has 9 aromatic carbocycles. The van der Waals surface area contributed by atoms with Crippen LogP contribution >= 0.6 is 0 Å². The average Bonchev–Trinajstić information content (AvgIpc) is 3.84. The summed E-state index contributed by atoms with van der Waals surface area (Å²) in [7, 11) is 0. The second kappa shape index (κ2) is 12.7. The molecule has 12 rings (SSSR count). The number of anilines is 3. The van der Waals surface area contributed by atoms with Crippen molar-refractivity contribution in [1.82, 2.24) is 4.57 Å². The van der Waals surface area contributed by atoms with E-state index in [1.54, 1.807) is 0 Å². The number of hydrogen-bond donors (Lipinski definition) is 0. The van der Waals surface area contributed by atoms with Crippen LogP contribution in [0.3, 0.4) is 0 Å². The Hall–Kier alpha value is -7.16. The first-order chi connectivity index (χ1) is 29.3. The molecule has 0 radical (unpaired) electrons. The predicted molar refractivity (Wildman–Crippen MR) is 254 cm³/mol. The van der Waals surface area contributed by atoms with Crippen LogP contribution in [0.1, 0.15) is 49.9 Å². The molecule has 0 atom stereocenters. The first-order valence-electron chi connectivity index (χ1n) is 21.2. The molecular formula is C58H44N2. The largest absolute Gasteiger partial charge is 0.309 e. The molecule has 0 bridgehead atoms. The van der Waals surface area contributed by atoms with Crippen LogP contribution in [-0.4, -0.2) is 4.57 Å². The highest BCUT2D eigenvalue weighted by Crippen LogP contribution is 2.58. The molecule has 2 heteroatoms. The number of para-hydroxylation sites is 2. The zero-order valence-electron chi connectivity index (χ0n) is 34.4. The van der Waals surface area contributed by atoms with E-state index in [9.17, 15) is 0 Å². The summed E-state index contributed by atoms with van der Waals surface area (Å²) in [5.41, 5.74) is 19.8. The van der Waals surface area contributed by atoms with E-state index < -0.39 is 0 Å². The van der Waals surface area contributed by atoms with Crippen LogP contribution in [0.5, 0.6) is 0 Å². The van der Waals surface area contributed by atoms with Gasteiger partial charge in [0.1, 0.15) is 0 Å². The summed E-state index contributed by atoms with van der Waals surface area (Å²) >= 11 is 0. The normalized spacial score (nSPS) is 14.3. The molecule has 2 aliphatic rings. The monoisotopic (exact) mass is 768 g/mol. The summed E-state index contributed by atoms with van der Waals surface area (Å²) in [6.45, 7) is 9.58. The Kier molecular flexibility index (Phi) is 7.36. The predicted octanol–water partition coefficient (Wildman–Crippen LogP) is 15.7. The minimum Gasteiger partial charge on any atom is -0.309 e. The number of benzene rings is 9. The second-order valence-electron chi connectivity index (χ2n) is 17.7. The third-order valence-corrected chi connectivity index (χ3v) is 13.7. The zero-order chi connectivity index (χ0) is 40.3. The fraction of sp³-hybridized carbons (Fsp3) is 0.103. The number of hydrogen-bond acceptors (Lipinski definition) is 1. The molecule has 1 aromatic heterocycles. The van der Waals surface area contributed by atoms with Gasteiger partial charge in [-0.2, -0.15) is 0 Å². The highest BCUT2D eigenvalue weighted by molar-refractivity contribution is 6.13. The van der Waals surface area contributed by atoms with Gasteiger partial charge >= 0.3 is 0 Å². The van der Waals surface area contributed by atoms with E-state index in [-0.39, 0.29) is 10.8 Å². The van der Waals surface area contributed by atoms with Crippen molar-refractivity contribution in [2.24, 2.45) is 0 Å². The highest BCUT2D eigenvalue weighted by atomic mass is 15.2. The van der Waals surface area contributed by atoms with Gasteiger partial charge in [0.05, 0.1) is 28.1 Å². The van der Waals surface area contributed by atoms with Crippen LogP contribution in [0, 0.1) is 0 Å². The maximum absolute atomic E-state index is 2.61. The molecule has 10 aromatic rings. The third-order valence-electron chi connectivity index (χ3n) is 13.7. The maximum atomic E-state index is 2.61. The van der Waals surface area contributed by atoms with Gasteiger partial charge in [-0.15, -0.1) is 0 Å². The number of nitrogens with zero attached hydrogens (tertiary/aromatic N) is 2. The molecule has 2 aliphatic carbocycles. The number of rotatable bonds is 5. The van der Waals surface area contributed by atoms with Gasteiger partial charge in [0, 0.05) is 38.2 Å². The van der Waals surface area contributed by atoms with Crippen molar-refractivity contribution in [3.05, 3.63) is 216 Å². The molecule has 0 spiro atoms. The SMILES string of the molecule is CC1(C)c2ccccc2-c2c(N(c3cc(-n4c5ccccc5c5ccccc54)c4c(-c5ccccc5)cccc4c3)c3cccc4c3C(C)(C)c3ccccc3-4)cccc21. The van der Waals surface area contributed by atoms with Crippen molar-refractivity contribution in [2.75, 3.05) is 4.90 Å². The van der Waals surface area contributed by atoms with Gasteiger partial charge in [0.25, 0.3) is 0 Å². The molecule has 2 nitrogen and oxygen atoms in total. The van der Waals surface area contributed by atoms with Gasteiger partial charge in [0.15, 0.2) is 0 Å². The lowest BCUT2D eigenvalue weighted by atomic mass is 9.81. The minimum atomic E-state index is -0.233. The molecule has 1 heterocycles. The van der Waals surface area contributed by atoms with Gasteiger partial charge in [0.2, 0.25) is 0 Å². The van der Waals surface area contributed by atoms with Crippen LogP contribution in [-0.2, 0) is 10.8 Å². The topological polar surface area (TPSA) is 8.17 Å². The summed E-state index contributed by atoms with van der Waals surface area (Å²) in [4.78, 5) is 2.61. The molecule has 0 fully saturated rings. The summed E-state index contributed by atoms with van der Waals surface area (Å²) in [6.07, 6.45) is 0. The Labute approximate surface area is 351 Å². The van der Waals surface area contributed by atoms with Crippen molar-refractivity contribution in [3.8, 4) is 39.1 Å². The summed E-state index contributed by atoms with van der Waals surface area (Å²) in [6, 6.07) is 72.4. The lowest BCUT2D eigenvalue weighted by molar-refractivity contribution is 0.659. The number of aromatic nitrogens is 1. The van der Waals surface area contributed by atoms with Crippen molar-refractivity contribution >= 4 is 49.6 Å². The van der Waals surface area contributed by atoms with E-state index in [2.05, 4.69) is 231 Å². The van der Waals surface area contributed by atoms with Crippen molar-refractivity contribution in [1.29, 1.82) is 0 Å². The van der Waals surface area contributed by atoms with Crippen molar-refractivity contribution in [3.63, 3.8) is 0 Å². The van der Waals surface area contributed by atoms with Crippen LogP contribution < -0.4 is 4.90 Å². The molecule has 60 heavy (non-hydrogen) atoms. The standard InChI is InChI=1S/C58H44N2/c1-57(2)47-29-13-9-25-45(47)55-48(57)30-18-33-51(55)59(52-34-17-27-44-41-22-8-12-28-46(41)58(3,4)56(44)52)39-35-38-21-16-26-40(37-19-6-5-7-20-37)54(38)53(36-39)60-49-31-14-10-23-42(49)43-24-11-15-32-50(43)60/h5-36H,1-4H3. The van der Waals surface area contributed by atoms with Crippen LogP contribution in [0.2, 0.25) is 0 Å². The summed E-state index contributed by atoms with van der Waals surface area (Å²) in [5.74, 6) is 0. The Morgan fingerprint density at radius 1 is 0.417 bits per heavy atom. The van der Waals surface area contributed by atoms with Crippen molar-refractivity contribution in [2.45, 2.75) is 38.5 Å². The highest BCUT2D eigenvalue weighted by Gasteiger charge is 2.41. The Balaban J connectivity index is 1.24. The fourth-order valence-electron chi connectivity index (χ4n) is 11.1. The maximum Gasteiger partial charge on any atom is 0.0567 e. The van der Waals surface area contributed by atoms with E-state index in [4.69, 9.17) is 0 Å². The molecular weight excluding hydrogens is 725 g/mol. The van der Waals surface area contributed by atoms with Gasteiger partial charge in [-0.3, -0.25) is 0 Å². The first kappa shape index (κ1) is 34.8. The summed E-state index contributed by atoms with van der Waals surface area (Å²) in [5, 5.41) is 4.93. The average molecular weight is 769 g/mol. The van der Waals surface area contributed by atoms with Gasteiger partial charge < -0.3 is 9.47 Å². The van der Waals surface area contributed by atoms with Crippen LogP contribution in [0.25, 0.3) is 71.6 Å². The second-order valence-corrected chi connectivity index (χ2v) is 17.7. The quantitative estimate of drug-likeness (QED) is 0.169. The smallest absolute Gasteiger partial charge is 0.0567 e. The lowest BCUT2D eigenvalue weighted by Crippen LogP contribution is -2.21. The first-order valence-corrected chi connectivity index (χ1v) is 21.2. The summed E-state index contributed by atoms with van der Waals surface area (Å²) < 4.78 is 2.52. The Morgan fingerprint density at radius 3 is 1.72 bits per heavy atom. The van der Waals surface area contributed by atoms with Gasteiger partial charge in [-0.25, -0.2) is 0 Å². The molecule has 0 aliphatic heterocycles. The molecule has 0 saturated heterocycles. The number of fused-ring (bicyclic) bond motifs is 10. The fourth-order valence-corrected chi connectivity index (χ4v) is 11.1. The molecule has 0 amide bonds. The van der Waals surface area contributed by atoms with Crippen LogP contribution in [0.15, 0.2) is 194 Å². The van der Waals surface area contributed by atoms with E-state index in [0.29, 0.717) is 0 Å². The zero-order valence-corrected chi connectivity index (χ0v) is 34.4. The lowest BCUT2D eigenvalue weighted by Gasteiger charge is -2.34. The van der Waals surface area contributed by atoms with E-state index in [1.165, 1.54) is 99.6 Å². The molecule has 0 saturated carbocycles. The molecule has 0 unspecified atom stereocenters. The van der Waals surface area contributed by atoms with Crippen LogP contribution in [0.4, 0.5) is 17.1 Å². The van der Waals surface area contributed by atoms with Crippen molar-refractivity contribution < 1.29 is 0 Å². The van der Waals surface area contributed by atoms with Gasteiger partial charge in [-0.05, 0) is 91.9 Å². The third kappa shape index (κ3) is 4.76. The Bertz CT molecular complexity index is 3330. The minimum absolute atomic E-state index is 0.149. The van der Waals surface area contributed by atoms with E-state index in [0.717, 1.165) is 11.4 Å². The van der Waals surface area contributed by atoms with E-state index in [1.807, 2.05) is 0 Å². The molecule has 286 valence electrons.